The molecule has 1 aromatic heterocycles. The number of sulfonamides is 1. The van der Waals surface area contributed by atoms with Gasteiger partial charge >= 0.3 is 0 Å². The number of fused-ring (bicyclic) bond motifs is 4. The van der Waals surface area contributed by atoms with Gasteiger partial charge in [-0.25, -0.2) is 13.4 Å². The summed E-state index contributed by atoms with van der Waals surface area (Å²) >= 11 is 0. The predicted molar refractivity (Wildman–Crippen MR) is 122 cm³/mol. The summed E-state index contributed by atoms with van der Waals surface area (Å²) in [5.41, 5.74) is 1.21. The second-order valence-electron chi connectivity index (χ2n) is 7.47. The summed E-state index contributed by atoms with van der Waals surface area (Å²) in [6, 6.07) is 16.8. The van der Waals surface area contributed by atoms with Crippen LogP contribution in [0.3, 0.4) is 0 Å². The summed E-state index contributed by atoms with van der Waals surface area (Å²) in [6.45, 7) is 1.35. The molecule has 5 rings (SSSR count). The number of aromatic nitrogens is 2. The van der Waals surface area contributed by atoms with Crippen LogP contribution in [0.15, 0.2) is 76.4 Å². The number of ketones is 1. The number of benzene rings is 3. The molecule has 1 amide bonds. The van der Waals surface area contributed by atoms with E-state index in [-0.39, 0.29) is 33.4 Å². The first-order chi connectivity index (χ1) is 15.7. The number of carbonyl (C=O) groups is 2. The van der Waals surface area contributed by atoms with Gasteiger partial charge in [-0.05, 0) is 54.6 Å². The van der Waals surface area contributed by atoms with E-state index in [2.05, 4.69) is 15.0 Å². The minimum atomic E-state index is -3.96. The van der Waals surface area contributed by atoms with Crippen molar-refractivity contribution in [3.8, 4) is 5.69 Å². The number of carbonyl (C=O) groups excluding carboxylic acids is 2. The van der Waals surface area contributed by atoms with Crippen LogP contribution in [0, 0.1) is 0 Å². The quantitative estimate of drug-likeness (QED) is 0.425. The molecule has 3 aromatic carbocycles. The molecule has 0 unspecified atom stereocenters. The minimum absolute atomic E-state index is 0.0118. The number of nitrogens with zero attached hydrogens (tertiary/aromatic N) is 2. The van der Waals surface area contributed by atoms with Crippen molar-refractivity contribution >= 4 is 44.0 Å². The van der Waals surface area contributed by atoms with Crippen LogP contribution < -0.4 is 15.6 Å². The highest BCUT2D eigenvalue weighted by molar-refractivity contribution is 7.92. The molecule has 164 valence electrons. The number of para-hydroxylation sites is 1. The molecule has 1 aliphatic heterocycles. The van der Waals surface area contributed by atoms with E-state index in [1.165, 1.54) is 54.0 Å². The summed E-state index contributed by atoms with van der Waals surface area (Å²) in [5, 5.41) is 2.95. The summed E-state index contributed by atoms with van der Waals surface area (Å²) in [7, 11) is -3.96. The summed E-state index contributed by atoms with van der Waals surface area (Å²) in [4.78, 5) is 41.4. The lowest BCUT2D eigenvalue weighted by molar-refractivity contribution is -0.114. The monoisotopic (exact) mass is 460 g/mol. The molecule has 0 saturated carbocycles. The van der Waals surface area contributed by atoms with E-state index < -0.39 is 15.8 Å². The molecule has 9 nitrogen and oxygen atoms in total. The van der Waals surface area contributed by atoms with Crippen LogP contribution >= 0.6 is 0 Å². The maximum absolute atomic E-state index is 13.0. The van der Waals surface area contributed by atoms with E-state index in [9.17, 15) is 22.8 Å². The first-order valence-corrected chi connectivity index (χ1v) is 11.3. The highest BCUT2D eigenvalue weighted by Crippen LogP contribution is 2.29. The van der Waals surface area contributed by atoms with Crippen LogP contribution in [0.5, 0.6) is 0 Å². The highest BCUT2D eigenvalue weighted by atomic mass is 32.2. The van der Waals surface area contributed by atoms with Crippen LogP contribution in [0.1, 0.15) is 23.1 Å². The van der Waals surface area contributed by atoms with Crippen molar-refractivity contribution in [3.05, 3.63) is 88.5 Å². The Morgan fingerprint density at radius 3 is 2.36 bits per heavy atom. The molecule has 0 fully saturated rings. The minimum Gasteiger partial charge on any atom is -0.326 e. The van der Waals surface area contributed by atoms with Gasteiger partial charge in [0.05, 0.1) is 27.0 Å². The van der Waals surface area contributed by atoms with E-state index in [1.54, 1.807) is 24.3 Å². The first-order valence-electron chi connectivity index (χ1n) is 9.86. The van der Waals surface area contributed by atoms with Gasteiger partial charge in [0.25, 0.3) is 15.6 Å². The maximum Gasteiger partial charge on any atom is 0.266 e. The second-order valence-corrected chi connectivity index (χ2v) is 9.15. The lowest BCUT2D eigenvalue weighted by Gasteiger charge is -2.10. The van der Waals surface area contributed by atoms with Crippen molar-refractivity contribution in [1.82, 2.24) is 9.55 Å². The van der Waals surface area contributed by atoms with Crippen LogP contribution in [0.25, 0.3) is 16.6 Å². The van der Waals surface area contributed by atoms with Crippen molar-refractivity contribution in [2.75, 3.05) is 10.0 Å². The Hall–Kier alpha value is -4.31. The third kappa shape index (κ3) is 3.46. The van der Waals surface area contributed by atoms with Crippen LogP contribution in [-0.4, -0.2) is 29.7 Å². The summed E-state index contributed by atoms with van der Waals surface area (Å²) in [6.07, 6.45) is 0. The van der Waals surface area contributed by atoms with Gasteiger partial charge in [0.2, 0.25) is 11.7 Å². The highest BCUT2D eigenvalue weighted by Gasteiger charge is 2.31. The van der Waals surface area contributed by atoms with Gasteiger partial charge in [-0.1, -0.05) is 12.1 Å². The van der Waals surface area contributed by atoms with Crippen molar-refractivity contribution in [2.24, 2.45) is 0 Å². The molecule has 0 aliphatic carbocycles. The van der Waals surface area contributed by atoms with Gasteiger partial charge in [0.15, 0.2) is 5.82 Å². The lowest BCUT2D eigenvalue weighted by Crippen LogP contribution is -2.21. The van der Waals surface area contributed by atoms with Gasteiger partial charge < -0.3 is 5.32 Å². The largest absolute Gasteiger partial charge is 0.326 e. The molecule has 4 aromatic rings. The molecule has 0 spiro atoms. The third-order valence-corrected chi connectivity index (χ3v) is 6.60. The van der Waals surface area contributed by atoms with E-state index in [0.717, 1.165) is 0 Å². The zero-order valence-electron chi connectivity index (χ0n) is 17.2. The summed E-state index contributed by atoms with van der Waals surface area (Å²) in [5.74, 6) is -0.746. The van der Waals surface area contributed by atoms with Crippen LogP contribution in [0.2, 0.25) is 0 Å². The third-order valence-electron chi connectivity index (χ3n) is 5.20. The molecule has 1 aliphatic rings. The van der Waals surface area contributed by atoms with E-state index in [1.807, 2.05) is 0 Å². The Bertz CT molecular complexity index is 1640. The topological polar surface area (TPSA) is 127 Å². The molecular weight excluding hydrogens is 444 g/mol. The number of rotatable bonds is 4. The fourth-order valence-corrected chi connectivity index (χ4v) is 4.79. The van der Waals surface area contributed by atoms with E-state index in [4.69, 9.17) is 0 Å². The van der Waals surface area contributed by atoms with E-state index in [0.29, 0.717) is 22.3 Å². The number of anilines is 2. The average Bonchev–Trinajstić information content (AvgIpc) is 3.05. The van der Waals surface area contributed by atoms with Crippen LogP contribution in [-0.2, 0) is 14.8 Å². The Morgan fingerprint density at radius 2 is 1.64 bits per heavy atom. The lowest BCUT2D eigenvalue weighted by atomic mass is 10.1. The molecule has 2 heterocycles. The normalized spacial score (nSPS) is 12.3. The number of hydrogen-bond acceptors (Lipinski definition) is 6. The molecule has 0 saturated heterocycles. The number of hydrogen-bond donors (Lipinski definition) is 2. The van der Waals surface area contributed by atoms with Crippen molar-refractivity contribution < 1.29 is 18.0 Å². The fraction of sp³-hybridized carbons (Fsp3) is 0.0435. The SMILES string of the molecule is CC(=O)Nc1ccc(S(=O)(=O)Nc2ccc3c(c2)C(=O)c2nc4ccccc4c(=O)n2-3)cc1. The molecule has 0 atom stereocenters. The Kier molecular flexibility index (Phi) is 4.61. The Labute approximate surface area is 187 Å². The van der Waals surface area contributed by atoms with Crippen molar-refractivity contribution in [3.63, 3.8) is 0 Å². The fourth-order valence-electron chi connectivity index (χ4n) is 3.74. The van der Waals surface area contributed by atoms with Gasteiger partial charge in [-0.3, -0.25) is 23.7 Å². The standard InChI is InChI=1S/C23H16N4O5S/c1-13(28)24-14-6-9-16(10-7-14)33(31,32)26-15-8-11-20-18(12-15)21(29)22-25-19-5-3-2-4-17(19)23(30)27(20)22/h2-12,26H,1H3,(H,24,28). The number of nitrogens with one attached hydrogen (secondary N) is 2. The van der Waals surface area contributed by atoms with Crippen molar-refractivity contribution in [2.45, 2.75) is 11.8 Å². The Balaban J connectivity index is 1.50. The average molecular weight is 460 g/mol. The predicted octanol–water partition coefficient (Wildman–Crippen LogP) is 2.69. The van der Waals surface area contributed by atoms with Crippen LogP contribution in [0.4, 0.5) is 11.4 Å². The zero-order chi connectivity index (χ0) is 23.3. The number of amides is 1. The van der Waals surface area contributed by atoms with Gasteiger partial charge in [-0.15, -0.1) is 0 Å². The zero-order valence-corrected chi connectivity index (χ0v) is 18.0. The first kappa shape index (κ1) is 20.6. The molecule has 33 heavy (non-hydrogen) atoms. The van der Waals surface area contributed by atoms with Gasteiger partial charge in [0.1, 0.15) is 0 Å². The van der Waals surface area contributed by atoms with Gasteiger partial charge in [-0.2, -0.15) is 0 Å². The molecule has 2 N–H and O–H groups in total. The molecule has 10 heteroatoms. The second kappa shape index (κ2) is 7.38. The van der Waals surface area contributed by atoms with Gasteiger partial charge in [0, 0.05) is 18.3 Å². The molecule has 0 bridgehead atoms. The summed E-state index contributed by atoms with van der Waals surface area (Å²) < 4.78 is 29.3. The van der Waals surface area contributed by atoms with Crippen molar-refractivity contribution in [1.29, 1.82) is 0 Å². The molecular formula is C23H16N4O5S. The molecule has 0 radical (unpaired) electrons. The van der Waals surface area contributed by atoms with E-state index >= 15 is 0 Å². The maximum atomic E-state index is 13.0. The smallest absolute Gasteiger partial charge is 0.266 e. The Morgan fingerprint density at radius 1 is 0.939 bits per heavy atom.